The smallest absolute Gasteiger partial charge is 0.0711 e. The summed E-state index contributed by atoms with van der Waals surface area (Å²) in [4.78, 5) is 7.16. The molecule has 2 heterocycles. The van der Waals surface area contributed by atoms with E-state index in [2.05, 4.69) is 44.0 Å². The number of aromatic nitrogens is 1. The molecule has 1 aliphatic heterocycles. The molecule has 0 N–H and O–H groups in total. The third kappa shape index (κ3) is 2.07. The maximum absolute atomic E-state index is 9.19. The fourth-order valence-corrected chi connectivity index (χ4v) is 3.00. The van der Waals surface area contributed by atoms with Gasteiger partial charge in [-0.25, -0.2) is 0 Å². The minimum Gasteiger partial charge on any atom is -0.302 e. The molecule has 1 aromatic heterocycles. The maximum Gasteiger partial charge on any atom is 0.0711 e. The third-order valence-electron chi connectivity index (χ3n) is 4.32. The van der Waals surface area contributed by atoms with E-state index in [1.807, 2.05) is 0 Å². The molecule has 0 aliphatic carbocycles. The molecule has 0 fully saturated rings. The monoisotopic (exact) mass is 265 g/mol. The Morgan fingerprint density at radius 2 is 2.05 bits per heavy atom. The van der Waals surface area contributed by atoms with Gasteiger partial charge < -0.3 is 4.90 Å². The summed E-state index contributed by atoms with van der Waals surface area (Å²) in [6.07, 6.45) is 1.45. The highest BCUT2D eigenvalue weighted by atomic mass is 15.1. The van der Waals surface area contributed by atoms with Crippen LogP contribution in [0.1, 0.15) is 27.9 Å². The van der Waals surface area contributed by atoms with Crippen molar-refractivity contribution in [2.45, 2.75) is 33.2 Å². The van der Waals surface area contributed by atoms with E-state index in [1.54, 1.807) is 0 Å². The van der Waals surface area contributed by atoms with E-state index in [9.17, 15) is 5.26 Å². The number of pyridine rings is 1. The van der Waals surface area contributed by atoms with Gasteiger partial charge in [0.05, 0.1) is 18.0 Å². The van der Waals surface area contributed by atoms with Crippen molar-refractivity contribution in [3.05, 3.63) is 40.1 Å². The molecule has 0 bridgehead atoms. The molecule has 0 atom stereocenters. The van der Waals surface area contributed by atoms with Crippen molar-refractivity contribution in [3.8, 4) is 6.07 Å². The Labute approximate surface area is 119 Å². The summed E-state index contributed by atoms with van der Waals surface area (Å²) >= 11 is 0. The van der Waals surface area contributed by atoms with E-state index in [-0.39, 0.29) is 0 Å². The average molecular weight is 265 g/mol. The summed E-state index contributed by atoms with van der Waals surface area (Å²) in [5.41, 5.74) is 7.22. The van der Waals surface area contributed by atoms with Crippen LogP contribution in [0.15, 0.2) is 12.1 Å². The quantitative estimate of drug-likeness (QED) is 0.796. The second-order valence-corrected chi connectivity index (χ2v) is 5.79. The van der Waals surface area contributed by atoms with Crippen LogP contribution in [0, 0.1) is 25.2 Å². The molecule has 20 heavy (non-hydrogen) atoms. The third-order valence-corrected chi connectivity index (χ3v) is 4.32. The molecule has 1 aliphatic rings. The number of fused-ring (bicyclic) bond motifs is 2. The van der Waals surface area contributed by atoms with Crippen LogP contribution in [0.5, 0.6) is 0 Å². The highest BCUT2D eigenvalue weighted by molar-refractivity contribution is 5.85. The van der Waals surface area contributed by atoms with Gasteiger partial charge in [-0.3, -0.25) is 4.98 Å². The zero-order valence-corrected chi connectivity index (χ0v) is 12.3. The highest BCUT2D eigenvalue weighted by Gasteiger charge is 2.20. The fourth-order valence-electron chi connectivity index (χ4n) is 3.00. The van der Waals surface area contributed by atoms with E-state index in [1.165, 1.54) is 27.9 Å². The predicted molar refractivity (Wildman–Crippen MR) is 80.6 cm³/mol. The summed E-state index contributed by atoms with van der Waals surface area (Å²) in [5, 5.41) is 10.3. The lowest BCUT2D eigenvalue weighted by Crippen LogP contribution is -2.28. The molecule has 0 saturated heterocycles. The van der Waals surface area contributed by atoms with Gasteiger partial charge in [-0.1, -0.05) is 0 Å². The molecular formula is C17H19N3. The first-order valence-corrected chi connectivity index (χ1v) is 7.07. The number of nitriles is 1. The summed E-state index contributed by atoms with van der Waals surface area (Å²) in [6.45, 7) is 6.19. The SMILES string of the molecule is Cc1cc2nc3c(c(CC#N)c2cc1C)CN(C)CC3. The van der Waals surface area contributed by atoms with Gasteiger partial charge in [-0.15, -0.1) is 0 Å². The van der Waals surface area contributed by atoms with E-state index in [0.29, 0.717) is 6.42 Å². The molecular weight excluding hydrogens is 246 g/mol. The first-order chi connectivity index (χ1) is 9.60. The molecule has 0 unspecified atom stereocenters. The minimum absolute atomic E-state index is 0.470. The minimum atomic E-state index is 0.470. The Balaban J connectivity index is 2.33. The first-order valence-electron chi connectivity index (χ1n) is 7.07. The van der Waals surface area contributed by atoms with Gasteiger partial charge in [-0.05, 0) is 55.3 Å². The Kier molecular flexibility index (Phi) is 3.19. The zero-order valence-electron chi connectivity index (χ0n) is 12.3. The molecule has 0 saturated carbocycles. The molecule has 0 radical (unpaired) electrons. The normalized spacial score (nSPS) is 15.1. The number of nitrogens with zero attached hydrogens (tertiary/aromatic N) is 3. The van der Waals surface area contributed by atoms with E-state index >= 15 is 0 Å². The molecule has 3 heteroatoms. The van der Waals surface area contributed by atoms with Gasteiger partial charge in [0.2, 0.25) is 0 Å². The number of rotatable bonds is 1. The molecule has 3 nitrogen and oxygen atoms in total. The van der Waals surface area contributed by atoms with Crippen molar-refractivity contribution < 1.29 is 0 Å². The van der Waals surface area contributed by atoms with Gasteiger partial charge in [0.1, 0.15) is 0 Å². The van der Waals surface area contributed by atoms with Crippen molar-refractivity contribution >= 4 is 10.9 Å². The van der Waals surface area contributed by atoms with Gasteiger partial charge in [0.25, 0.3) is 0 Å². The van der Waals surface area contributed by atoms with Crippen LogP contribution < -0.4 is 0 Å². The van der Waals surface area contributed by atoms with Crippen LogP contribution in [0.2, 0.25) is 0 Å². The number of benzene rings is 1. The van der Waals surface area contributed by atoms with Crippen LogP contribution in [-0.4, -0.2) is 23.5 Å². The van der Waals surface area contributed by atoms with Crippen molar-refractivity contribution in [2.24, 2.45) is 0 Å². The Morgan fingerprint density at radius 1 is 1.30 bits per heavy atom. The van der Waals surface area contributed by atoms with Crippen LogP contribution in [0.4, 0.5) is 0 Å². The maximum atomic E-state index is 9.19. The molecule has 102 valence electrons. The van der Waals surface area contributed by atoms with E-state index in [0.717, 1.165) is 30.4 Å². The van der Waals surface area contributed by atoms with E-state index < -0.39 is 0 Å². The first kappa shape index (κ1) is 13.1. The Hall–Kier alpha value is -1.92. The lowest BCUT2D eigenvalue weighted by atomic mass is 9.93. The summed E-state index contributed by atoms with van der Waals surface area (Å²) in [5.74, 6) is 0. The highest BCUT2D eigenvalue weighted by Crippen LogP contribution is 2.29. The lowest BCUT2D eigenvalue weighted by Gasteiger charge is -2.27. The second-order valence-electron chi connectivity index (χ2n) is 5.79. The van der Waals surface area contributed by atoms with Gasteiger partial charge in [-0.2, -0.15) is 5.26 Å². The van der Waals surface area contributed by atoms with E-state index in [4.69, 9.17) is 4.98 Å². The van der Waals surface area contributed by atoms with Crippen molar-refractivity contribution in [2.75, 3.05) is 13.6 Å². The lowest BCUT2D eigenvalue weighted by molar-refractivity contribution is 0.309. The Morgan fingerprint density at radius 3 is 2.80 bits per heavy atom. The van der Waals surface area contributed by atoms with Gasteiger partial charge in [0, 0.05) is 30.6 Å². The number of hydrogen-bond acceptors (Lipinski definition) is 3. The summed E-state index contributed by atoms with van der Waals surface area (Å²) < 4.78 is 0. The topological polar surface area (TPSA) is 39.9 Å². The molecule has 0 amide bonds. The van der Waals surface area contributed by atoms with Crippen LogP contribution in [-0.2, 0) is 19.4 Å². The fraction of sp³-hybridized carbons (Fsp3) is 0.412. The van der Waals surface area contributed by atoms with Crippen LogP contribution >= 0.6 is 0 Å². The summed E-state index contributed by atoms with van der Waals surface area (Å²) in [7, 11) is 2.13. The van der Waals surface area contributed by atoms with Crippen molar-refractivity contribution in [1.29, 1.82) is 5.26 Å². The molecule has 3 rings (SSSR count). The number of aryl methyl sites for hydroxylation is 2. The van der Waals surface area contributed by atoms with Crippen molar-refractivity contribution in [3.63, 3.8) is 0 Å². The molecule has 1 aromatic carbocycles. The summed E-state index contributed by atoms with van der Waals surface area (Å²) in [6, 6.07) is 6.68. The van der Waals surface area contributed by atoms with Gasteiger partial charge >= 0.3 is 0 Å². The predicted octanol–water partition coefficient (Wildman–Crippen LogP) is 2.91. The largest absolute Gasteiger partial charge is 0.302 e. The Bertz CT molecular complexity index is 725. The number of hydrogen-bond donors (Lipinski definition) is 0. The van der Waals surface area contributed by atoms with Crippen LogP contribution in [0.3, 0.4) is 0 Å². The van der Waals surface area contributed by atoms with Crippen molar-refractivity contribution in [1.82, 2.24) is 9.88 Å². The second kappa shape index (κ2) is 4.88. The molecule has 0 spiro atoms. The standard InChI is InChI=1S/C17H19N3/c1-11-8-14-13(4-6-18)15-10-20(3)7-5-16(15)19-17(14)9-12(11)2/h8-9H,4-5,7,10H2,1-3H3. The van der Waals surface area contributed by atoms with Crippen LogP contribution in [0.25, 0.3) is 10.9 Å². The van der Waals surface area contributed by atoms with Gasteiger partial charge in [0.15, 0.2) is 0 Å². The molecule has 2 aromatic rings. The average Bonchev–Trinajstić information content (AvgIpc) is 2.42. The zero-order chi connectivity index (χ0) is 14.3. The number of likely N-dealkylation sites (N-methyl/N-ethyl adjacent to an activating group) is 1.